The minimum absolute atomic E-state index is 0.174. The van der Waals surface area contributed by atoms with Gasteiger partial charge < -0.3 is 5.32 Å². The van der Waals surface area contributed by atoms with Crippen LogP contribution in [0, 0.1) is 17.2 Å². The summed E-state index contributed by atoms with van der Waals surface area (Å²) in [5, 5.41) is 12.0. The third kappa shape index (κ3) is 3.82. The molecule has 1 fully saturated rings. The van der Waals surface area contributed by atoms with Gasteiger partial charge in [-0.1, -0.05) is 56.0 Å². The Morgan fingerprint density at radius 3 is 2.63 bits per heavy atom. The predicted molar refractivity (Wildman–Crippen MR) is 74.4 cm³/mol. The molecule has 1 amide bonds. The van der Waals surface area contributed by atoms with Crippen molar-refractivity contribution < 1.29 is 4.79 Å². The van der Waals surface area contributed by atoms with Gasteiger partial charge in [-0.05, 0) is 17.9 Å². The molecule has 1 N–H and O–H groups in total. The SMILES string of the molecule is N#CC(C(=O)NCCC1CCCC1)c1ccccc1. The molecular weight excluding hydrogens is 236 g/mol. The number of nitriles is 1. The van der Waals surface area contributed by atoms with Crippen LogP contribution in [0.5, 0.6) is 0 Å². The van der Waals surface area contributed by atoms with E-state index in [4.69, 9.17) is 5.26 Å². The Morgan fingerprint density at radius 1 is 1.32 bits per heavy atom. The first kappa shape index (κ1) is 13.6. The molecule has 0 aliphatic heterocycles. The van der Waals surface area contributed by atoms with Crippen LogP contribution in [0.1, 0.15) is 43.6 Å². The van der Waals surface area contributed by atoms with Crippen molar-refractivity contribution in [3.05, 3.63) is 35.9 Å². The monoisotopic (exact) mass is 256 g/mol. The minimum atomic E-state index is -0.690. The maximum absolute atomic E-state index is 12.0. The number of carbonyl (C=O) groups excluding carboxylic acids is 1. The molecule has 1 atom stereocenters. The fourth-order valence-corrected chi connectivity index (χ4v) is 2.73. The Balaban J connectivity index is 1.82. The Kier molecular flexibility index (Phi) is 4.97. The van der Waals surface area contributed by atoms with Gasteiger partial charge in [0.05, 0.1) is 6.07 Å². The molecule has 0 aromatic heterocycles. The largest absolute Gasteiger partial charge is 0.355 e. The van der Waals surface area contributed by atoms with Crippen LogP contribution in [-0.4, -0.2) is 12.5 Å². The molecule has 1 aromatic rings. The summed E-state index contributed by atoms with van der Waals surface area (Å²) in [5.74, 6) is -0.103. The fraction of sp³-hybridized carbons (Fsp3) is 0.500. The molecule has 1 aliphatic rings. The van der Waals surface area contributed by atoms with Gasteiger partial charge in [-0.25, -0.2) is 0 Å². The lowest BCUT2D eigenvalue weighted by Gasteiger charge is -2.12. The summed E-state index contributed by atoms with van der Waals surface area (Å²) in [4.78, 5) is 12.0. The van der Waals surface area contributed by atoms with Crippen molar-refractivity contribution in [1.29, 1.82) is 5.26 Å². The minimum Gasteiger partial charge on any atom is -0.355 e. The van der Waals surface area contributed by atoms with Crippen LogP contribution in [0.4, 0.5) is 0 Å². The predicted octanol–water partition coefficient (Wildman–Crippen LogP) is 2.99. The molecule has 0 saturated heterocycles. The summed E-state index contributed by atoms with van der Waals surface area (Å²) in [6, 6.07) is 11.3. The van der Waals surface area contributed by atoms with Crippen LogP contribution in [0.15, 0.2) is 30.3 Å². The van der Waals surface area contributed by atoms with E-state index in [1.54, 1.807) is 0 Å². The lowest BCUT2D eigenvalue weighted by atomic mass is 9.99. The van der Waals surface area contributed by atoms with Gasteiger partial charge in [-0.15, -0.1) is 0 Å². The first-order valence-corrected chi connectivity index (χ1v) is 7.03. The van der Waals surface area contributed by atoms with E-state index < -0.39 is 5.92 Å². The number of hydrogen-bond donors (Lipinski definition) is 1. The van der Waals surface area contributed by atoms with E-state index in [2.05, 4.69) is 11.4 Å². The fourth-order valence-electron chi connectivity index (χ4n) is 2.73. The Hall–Kier alpha value is -1.82. The molecule has 3 heteroatoms. The van der Waals surface area contributed by atoms with Gasteiger partial charge in [-0.3, -0.25) is 4.79 Å². The summed E-state index contributed by atoms with van der Waals surface area (Å²) >= 11 is 0. The van der Waals surface area contributed by atoms with E-state index in [-0.39, 0.29) is 5.91 Å². The van der Waals surface area contributed by atoms with Crippen molar-refractivity contribution in [2.45, 2.75) is 38.0 Å². The molecule has 1 unspecified atom stereocenters. The summed E-state index contributed by atoms with van der Waals surface area (Å²) in [6.45, 7) is 0.689. The molecule has 0 bridgehead atoms. The maximum Gasteiger partial charge on any atom is 0.241 e. The van der Waals surface area contributed by atoms with E-state index >= 15 is 0 Å². The quantitative estimate of drug-likeness (QED) is 0.880. The normalized spacial score (nSPS) is 16.8. The topological polar surface area (TPSA) is 52.9 Å². The van der Waals surface area contributed by atoms with Crippen molar-refractivity contribution in [3.63, 3.8) is 0 Å². The summed E-state index contributed by atoms with van der Waals surface area (Å²) in [6.07, 6.45) is 6.26. The standard InChI is InChI=1S/C16H20N2O/c17-12-15(14-8-2-1-3-9-14)16(19)18-11-10-13-6-4-5-7-13/h1-3,8-9,13,15H,4-7,10-11H2,(H,18,19). The molecule has 1 saturated carbocycles. The van der Waals surface area contributed by atoms with Crippen LogP contribution < -0.4 is 5.32 Å². The zero-order valence-corrected chi connectivity index (χ0v) is 11.1. The third-order valence-electron chi connectivity index (χ3n) is 3.85. The molecule has 3 nitrogen and oxygen atoms in total. The molecule has 0 radical (unpaired) electrons. The van der Waals surface area contributed by atoms with Crippen molar-refractivity contribution in [2.75, 3.05) is 6.54 Å². The molecule has 2 rings (SSSR count). The van der Waals surface area contributed by atoms with Gasteiger partial charge in [0.2, 0.25) is 5.91 Å². The lowest BCUT2D eigenvalue weighted by molar-refractivity contribution is -0.121. The molecule has 19 heavy (non-hydrogen) atoms. The zero-order chi connectivity index (χ0) is 13.5. The first-order valence-electron chi connectivity index (χ1n) is 7.03. The first-order chi connectivity index (χ1) is 9.31. The summed E-state index contributed by atoms with van der Waals surface area (Å²) in [7, 11) is 0. The van der Waals surface area contributed by atoms with Crippen molar-refractivity contribution in [2.24, 2.45) is 5.92 Å². The molecule has 1 aromatic carbocycles. The molecule has 0 heterocycles. The van der Waals surface area contributed by atoms with E-state index in [0.29, 0.717) is 6.54 Å². The summed E-state index contributed by atoms with van der Waals surface area (Å²) < 4.78 is 0. The molecule has 0 spiro atoms. The van der Waals surface area contributed by atoms with Crippen LogP contribution in [0.3, 0.4) is 0 Å². The number of hydrogen-bond acceptors (Lipinski definition) is 2. The second kappa shape index (κ2) is 6.94. The number of carbonyl (C=O) groups is 1. The van der Waals surface area contributed by atoms with Crippen LogP contribution >= 0.6 is 0 Å². The van der Waals surface area contributed by atoms with E-state index in [1.165, 1.54) is 25.7 Å². The van der Waals surface area contributed by atoms with Crippen LogP contribution in [0.2, 0.25) is 0 Å². The van der Waals surface area contributed by atoms with E-state index in [9.17, 15) is 4.79 Å². The lowest BCUT2D eigenvalue weighted by Crippen LogP contribution is -2.30. The van der Waals surface area contributed by atoms with Crippen molar-refractivity contribution >= 4 is 5.91 Å². The highest BCUT2D eigenvalue weighted by molar-refractivity contribution is 5.86. The molecular formula is C16H20N2O. The Bertz CT molecular complexity index is 444. The second-order valence-electron chi connectivity index (χ2n) is 5.20. The number of nitrogens with one attached hydrogen (secondary N) is 1. The highest BCUT2D eigenvalue weighted by atomic mass is 16.1. The molecule has 1 aliphatic carbocycles. The van der Waals surface area contributed by atoms with Gasteiger partial charge >= 0.3 is 0 Å². The van der Waals surface area contributed by atoms with Gasteiger partial charge in [0.25, 0.3) is 0 Å². The third-order valence-corrected chi connectivity index (χ3v) is 3.85. The van der Waals surface area contributed by atoms with Crippen LogP contribution in [0.25, 0.3) is 0 Å². The second-order valence-corrected chi connectivity index (χ2v) is 5.20. The van der Waals surface area contributed by atoms with Gasteiger partial charge in [0.1, 0.15) is 5.92 Å². The van der Waals surface area contributed by atoms with Gasteiger partial charge in [0, 0.05) is 6.54 Å². The Labute approximate surface area is 114 Å². The highest BCUT2D eigenvalue weighted by Crippen LogP contribution is 2.27. The average Bonchev–Trinajstić information content (AvgIpc) is 2.94. The van der Waals surface area contributed by atoms with Crippen molar-refractivity contribution in [3.8, 4) is 6.07 Å². The molecule has 100 valence electrons. The van der Waals surface area contributed by atoms with Crippen LogP contribution in [-0.2, 0) is 4.79 Å². The summed E-state index contributed by atoms with van der Waals surface area (Å²) in [5.41, 5.74) is 0.767. The van der Waals surface area contributed by atoms with Crippen molar-refractivity contribution in [1.82, 2.24) is 5.32 Å². The average molecular weight is 256 g/mol. The number of amides is 1. The van der Waals surface area contributed by atoms with E-state index in [0.717, 1.165) is 17.9 Å². The Morgan fingerprint density at radius 2 is 2.00 bits per heavy atom. The number of rotatable bonds is 5. The zero-order valence-electron chi connectivity index (χ0n) is 11.1. The number of nitrogens with zero attached hydrogens (tertiary/aromatic N) is 1. The van der Waals surface area contributed by atoms with Gasteiger partial charge in [0.15, 0.2) is 0 Å². The smallest absolute Gasteiger partial charge is 0.241 e. The van der Waals surface area contributed by atoms with E-state index in [1.807, 2.05) is 30.3 Å². The highest BCUT2D eigenvalue weighted by Gasteiger charge is 2.20. The maximum atomic E-state index is 12.0. The number of benzene rings is 1. The van der Waals surface area contributed by atoms with Gasteiger partial charge in [-0.2, -0.15) is 5.26 Å².